The second kappa shape index (κ2) is 4.42. The zero-order chi connectivity index (χ0) is 14.5. The van der Waals surface area contributed by atoms with E-state index >= 15 is 0 Å². The van der Waals surface area contributed by atoms with Crippen LogP contribution in [0.1, 0.15) is 13.2 Å². The molecule has 0 radical (unpaired) electrons. The summed E-state index contributed by atoms with van der Waals surface area (Å²) in [5.41, 5.74) is 5.03. The van der Waals surface area contributed by atoms with Crippen LogP contribution in [-0.4, -0.2) is 49.3 Å². The van der Waals surface area contributed by atoms with E-state index in [-0.39, 0.29) is 6.61 Å². The van der Waals surface area contributed by atoms with E-state index in [0.29, 0.717) is 5.82 Å². The van der Waals surface area contributed by atoms with Gasteiger partial charge in [0.05, 0.1) is 12.1 Å². The Morgan fingerprint density at radius 2 is 2.25 bits per heavy atom. The summed E-state index contributed by atoms with van der Waals surface area (Å²) in [5, 5.41) is 30.4. The molecule has 1 saturated heterocycles. The van der Waals surface area contributed by atoms with Crippen LogP contribution in [0.4, 0.5) is 5.82 Å². The van der Waals surface area contributed by atoms with Crippen molar-refractivity contribution >= 4 is 16.7 Å². The molecule has 0 spiro atoms. The fourth-order valence-electron chi connectivity index (χ4n) is 2.70. The Bertz CT molecular complexity index is 640. The molecule has 0 amide bonds. The summed E-state index contributed by atoms with van der Waals surface area (Å²) in [5.74, 6) is 0.387. The number of aliphatic hydroxyl groups excluding tert-OH is 2. The molecule has 0 saturated carbocycles. The number of anilines is 1. The monoisotopic (exact) mass is 279 g/mol. The van der Waals surface area contributed by atoms with Crippen molar-refractivity contribution in [3.63, 3.8) is 0 Å². The van der Waals surface area contributed by atoms with Crippen molar-refractivity contribution in [2.75, 3.05) is 12.3 Å². The molecule has 20 heavy (non-hydrogen) atoms. The maximum Gasteiger partial charge on any atom is 0.165 e. The topological polar surface area (TPSA) is 114 Å². The van der Waals surface area contributed by atoms with E-state index in [4.69, 9.17) is 10.5 Å². The second-order valence-electron chi connectivity index (χ2n) is 5.23. The molecule has 4 atom stereocenters. The summed E-state index contributed by atoms with van der Waals surface area (Å²) in [6.07, 6.45) is 0.473. The van der Waals surface area contributed by atoms with Crippen molar-refractivity contribution in [3.8, 4) is 0 Å². The molecule has 0 aliphatic carbocycles. The van der Waals surface area contributed by atoms with Crippen LogP contribution in [-0.2, 0) is 4.74 Å². The lowest BCUT2D eigenvalue weighted by molar-refractivity contribution is -0.0946. The number of hydrogen-bond donors (Lipinski definition) is 4. The Kier molecular flexibility index (Phi) is 2.94. The van der Waals surface area contributed by atoms with Crippen LogP contribution in [0.25, 0.3) is 10.9 Å². The summed E-state index contributed by atoms with van der Waals surface area (Å²) < 4.78 is 7.27. The minimum Gasteiger partial charge on any atom is -0.394 e. The van der Waals surface area contributed by atoms with Gasteiger partial charge in [-0.2, -0.15) is 0 Å². The van der Waals surface area contributed by atoms with Gasteiger partial charge in [-0.05, 0) is 19.1 Å². The summed E-state index contributed by atoms with van der Waals surface area (Å²) in [7, 11) is 0. The van der Waals surface area contributed by atoms with Crippen molar-refractivity contribution in [2.45, 2.75) is 31.0 Å². The predicted octanol–water partition coefficient (Wildman–Crippen LogP) is -0.380. The third kappa shape index (κ3) is 1.71. The molecule has 5 N–H and O–H groups in total. The Morgan fingerprint density at radius 1 is 1.50 bits per heavy atom. The Balaban J connectivity index is 2.10. The van der Waals surface area contributed by atoms with E-state index in [2.05, 4.69) is 4.98 Å². The molecule has 0 aromatic carbocycles. The van der Waals surface area contributed by atoms with Crippen LogP contribution in [0.5, 0.6) is 0 Å². The standard InChI is InChI=1S/C13H17N3O4/c1-13(19)10(18)9(6-17)20-12(13)16-5-3-7-8(16)2-4-15-11(7)14/h2-5,9-10,12,17-19H,6H2,1H3,(H2,14,15). The van der Waals surface area contributed by atoms with Gasteiger partial charge in [-0.15, -0.1) is 0 Å². The summed E-state index contributed by atoms with van der Waals surface area (Å²) in [6, 6.07) is 3.53. The van der Waals surface area contributed by atoms with Crippen LogP contribution >= 0.6 is 0 Å². The van der Waals surface area contributed by atoms with Crippen molar-refractivity contribution in [1.82, 2.24) is 9.55 Å². The highest BCUT2D eigenvalue weighted by molar-refractivity contribution is 5.89. The lowest BCUT2D eigenvalue weighted by Gasteiger charge is -2.28. The van der Waals surface area contributed by atoms with Gasteiger partial charge in [0.15, 0.2) is 6.23 Å². The number of pyridine rings is 1. The molecule has 3 heterocycles. The molecule has 1 aliphatic heterocycles. The van der Waals surface area contributed by atoms with Gasteiger partial charge in [0.2, 0.25) is 0 Å². The molecule has 3 rings (SSSR count). The van der Waals surface area contributed by atoms with E-state index in [0.717, 1.165) is 10.9 Å². The van der Waals surface area contributed by atoms with Crippen LogP contribution in [0.15, 0.2) is 24.5 Å². The van der Waals surface area contributed by atoms with Gasteiger partial charge >= 0.3 is 0 Å². The van der Waals surface area contributed by atoms with Crippen LogP contribution in [0, 0.1) is 0 Å². The van der Waals surface area contributed by atoms with Crippen molar-refractivity contribution < 1.29 is 20.1 Å². The minimum atomic E-state index is -1.52. The average molecular weight is 279 g/mol. The first-order valence-electron chi connectivity index (χ1n) is 6.34. The van der Waals surface area contributed by atoms with Crippen LogP contribution in [0.3, 0.4) is 0 Å². The highest BCUT2D eigenvalue weighted by Gasteiger charge is 2.52. The fourth-order valence-corrected chi connectivity index (χ4v) is 2.70. The third-order valence-electron chi connectivity index (χ3n) is 3.87. The van der Waals surface area contributed by atoms with Gasteiger partial charge < -0.3 is 30.4 Å². The van der Waals surface area contributed by atoms with E-state index in [1.165, 1.54) is 6.92 Å². The van der Waals surface area contributed by atoms with Gasteiger partial charge in [0, 0.05) is 17.8 Å². The molecule has 108 valence electrons. The molecular formula is C13H17N3O4. The first kappa shape index (κ1) is 13.3. The lowest BCUT2D eigenvalue weighted by Crippen LogP contribution is -2.44. The number of hydrogen-bond acceptors (Lipinski definition) is 6. The maximum absolute atomic E-state index is 10.5. The summed E-state index contributed by atoms with van der Waals surface area (Å²) in [6.45, 7) is 1.12. The number of nitrogens with zero attached hydrogens (tertiary/aromatic N) is 2. The minimum absolute atomic E-state index is 0.364. The van der Waals surface area contributed by atoms with Crippen molar-refractivity contribution in [3.05, 3.63) is 24.5 Å². The zero-order valence-corrected chi connectivity index (χ0v) is 11.0. The predicted molar refractivity (Wildman–Crippen MR) is 71.8 cm³/mol. The van der Waals surface area contributed by atoms with Crippen LogP contribution < -0.4 is 5.73 Å². The van der Waals surface area contributed by atoms with Gasteiger partial charge in [-0.25, -0.2) is 4.98 Å². The van der Waals surface area contributed by atoms with E-state index < -0.39 is 24.0 Å². The third-order valence-corrected chi connectivity index (χ3v) is 3.87. The SMILES string of the molecule is CC1(O)C(O)C(CO)OC1n1ccc2c(N)nccc21. The van der Waals surface area contributed by atoms with Crippen LogP contribution in [0.2, 0.25) is 0 Å². The van der Waals surface area contributed by atoms with Gasteiger partial charge in [-0.1, -0.05) is 0 Å². The quantitative estimate of drug-likeness (QED) is 0.596. The molecule has 2 aromatic rings. The maximum atomic E-state index is 10.5. The van der Waals surface area contributed by atoms with E-state index in [1.54, 1.807) is 29.1 Å². The molecule has 7 nitrogen and oxygen atoms in total. The number of fused-ring (bicyclic) bond motifs is 1. The van der Waals surface area contributed by atoms with Gasteiger partial charge in [0.25, 0.3) is 0 Å². The Morgan fingerprint density at radius 3 is 2.90 bits per heavy atom. The average Bonchev–Trinajstić information content (AvgIpc) is 2.92. The first-order chi connectivity index (χ1) is 9.46. The van der Waals surface area contributed by atoms with Gasteiger partial charge in [-0.3, -0.25) is 0 Å². The Hall–Kier alpha value is -1.67. The first-order valence-corrected chi connectivity index (χ1v) is 6.34. The lowest BCUT2D eigenvalue weighted by atomic mass is 9.96. The molecule has 2 aromatic heterocycles. The normalized spacial score (nSPS) is 33.9. The number of nitrogens with two attached hydrogens (primary N) is 1. The summed E-state index contributed by atoms with van der Waals surface area (Å²) in [4.78, 5) is 4.00. The Labute approximate surface area is 115 Å². The molecule has 7 heteroatoms. The highest BCUT2D eigenvalue weighted by Crippen LogP contribution is 2.40. The largest absolute Gasteiger partial charge is 0.394 e. The molecule has 1 aliphatic rings. The van der Waals surface area contributed by atoms with Crippen molar-refractivity contribution in [1.29, 1.82) is 0 Å². The molecular weight excluding hydrogens is 262 g/mol. The number of rotatable bonds is 2. The fraction of sp³-hybridized carbons (Fsp3) is 0.462. The van der Waals surface area contributed by atoms with Gasteiger partial charge in [0.1, 0.15) is 23.6 Å². The van der Waals surface area contributed by atoms with E-state index in [9.17, 15) is 15.3 Å². The van der Waals surface area contributed by atoms with E-state index in [1.807, 2.05) is 0 Å². The summed E-state index contributed by atoms with van der Waals surface area (Å²) >= 11 is 0. The van der Waals surface area contributed by atoms with Crippen molar-refractivity contribution in [2.24, 2.45) is 0 Å². The number of aromatic nitrogens is 2. The molecule has 0 bridgehead atoms. The highest BCUT2D eigenvalue weighted by atomic mass is 16.6. The smallest absolute Gasteiger partial charge is 0.165 e. The number of ether oxygens (including phenoxy) is 1. The molecule has 4 unspecified atom stereocenters. The number of aliphatic hydroxyl groups is 3. The number of nitrogen functional groups attached to an aromatic ring is 1. The zero-order valence-electron chi connectivity index (χ0n) is 11.0. The second-order valence-corrected chi connectivity index (χ2v) is 5.23. The molecule has 1 fully saturated rings.